The van der Waals surface area contributed by atoms with E-state index in [0.29, 0.717) is 19.6 Å². The third-order valence-electron chi connectivity index (χ3n) is 3.40. The Morgan fingerprint density at radius 1 is 1.26 bits per heavy atom. The van der Waals surface area contributed by atoms with Crippen molar-refractivity contribution >= 4 is 0 Å². The first-order chi connectivity index (χ1) is 8.95. The van der Waals surface area contributed by atoms with E-state index >= 15 is 0 Å². The summed E-state index contributed by atoms with van der Waals surface area (Å²) in [6.07, 6.45) is -4.04. The zero-order valence-electron chi connectivity index (χ0n) is 11.0. The molecule has 0 aliphatic carbocycles. The Bertz CT molecular complexity index is 391. The van der Waals surface area contributed by atoms with Crippen molar-refractivity contribution in [1.29, 1.82) is 0 Å². The fourth-order valence-electron chi connectivity index (χ4n) is 2.51. The summed E-state index contributed by atoms with van der Waals surface area (Å²) >= 11 is 0. The van der Waals surface area contributed by atoms with Crippen LogP contribution in [0.1, 0.15) is 18.9 Å². The van der Waals surface area contributed by atoms with Crippen LogP contribution in [0, 0.1) is 0 Å². The predicted molar refractivity (Wildman–Crippen MR) is 68.8 cm³/mol. The van der Waals surface area contributed by atoms with Crippen LogP contribution in [0.2, 0.25) is 0 Å². The van der Waals surface area contributed by atoms with Gasteiger partial charge in [0.2, 0.25) is 0 Å². The lowest BCUT2D eigenvalue weighted by Gasteiger charge is -2.22. The maximum atomic E-state index is 12.8. The van der Waals surface area contributed by atoms with Crippen LogP contribution >= 0.6 is 0 Å². The smallest absolute Gasteiger partial charge is 0.302 e. The van der Waals surface area contributed by atoms with Crippen LogP contribution < -0.4 is 5.32 Å². The van der Waals surface area contributed by atoms with Gasteiger partial charge >= 0.3 is 6.18 Å². The summed E-state index contributed by atoms with van der Waals surface area (Å²) in [4.78, 5) is 2.08. The molecule has 5 heteroatoms. The lowest BCUT2D eigenvalue weighted by Crippen LogP contribution is -2.46. The van der Waals surface area contributed by atoms with Gasteiger partial charge in [-0.05, 0) is 18.9 Å². The van der Waals surface area contributed by atoms with Gasteiger partial charge in [-0.3, -0.25) is 4.90 Å². The summed E-state index contributed by atoms with van der Waals surface area (Å²) in [6.45, 7) is 3.62. The molecule has 1 N–H and O–H groups in total. The molecule has 1 heterocycles. The van der Waals surface area contributed by atoms with Gasteiger partial charge in [-0.2, -0.15) is 13.2 Å². The molecule has 1 aromatic carbocycles. The topological polar surface area (TPSA) is 15.3 Å². The van der Waals surface area contributed by atoms with Crippen molar-refractivity contribution in [2.45, 2.75) is 38.1 Å². The minimum absolute atomic E-state index is 0.112. The van der Waals surface area contributed by atoms with Crippen LogP contribution in [0.25, 0.3) is 0 Å². The summed E-state index contributed by atoms with van der Waals surface area (Å²) in [5.74, 6) is 0. The van der Waals surface area contributed by atoms with Crippen LogP contribution in [0.4, 0.5) is 13.2 Å². The SMILES string of the molecule is CC1CN(Cc2ccccc2)CCC(C(F)(F)F)N1. The van der Waals surface area contributed by atoms with E-state index in [4.69, 9.17) is 0 Å². The Kier molecular flexibility index (Phi) is 4.47. The number of alkyl halides is 3. The molecule has 1 aliphatic rings. The zero-order chi connectivity index (χ0) is 13.9. The Labute approximate surface area is 111 Å². The van der Waals surface area contributed by atoms with E-state index in [1.807, 2.05) is 37.3 Å². The van der Waals surface area contributed by atoms with Crippen LogP contribution in [0.5, 0.6) is 0 Å². The first-order valence-corrected chi connectivity index (χ1v) is 6.54. The molecule has 2 nitrogen and oxygen atoms in total. The lowest BCUT2D eigenvalue weighted by molar-refractivity contribution is -0.157. The van der Waals surface area contributed by atoms with Gasteiger partial charge in [-0.25, -0.2) is 0 Å². The molecule has 0 aromatic heterocycles. The molecule has 1 saturated heterocycles. The number of hydrogen-bond donors (Lipinski definition) is 1. The number of rotatable bonds is 2. The second-order valence-corrected chi connectivity index (χ2v) is 5.17. The highest BCUT2D eigenvalue weighted by Gasteiger charge is 2.41. The van der Waals surface area contributed by atoms with Gasteiger partial charge in [-0.1, -0.05) is 30.3 Å². The van der Waals surface area contributed by atoms with Crippen molar-refractivity contribution in [1.82, 2.24) is 10.2 Å². The molecule has 0 saturated carbocycles. The lowest BCUT2D eigenvalue weighted by atomic mass is 10.2. The Morgan fingerprint density at radius 2 is 1.95 bits per heavy atom. The zero-order valence-corrected chi connectivity index (χ0v) is 11.0. The van der Waals surface area contributed by atoms with E-state index < -0.39 is 12.2 Å². The number of nitrogens with zero attached hydrogens (tertiary/aromatic N) is 1. The molecule has 1 aromatic rings. The molecule has 0 spiro atoms. The normalized spacial score (nSPS) is 26.1. The number of hydrogen-bond acceptors (Lipinski definition) is 2. The Morgan fingerprint density at radius 3 is 2.58 bits per heavy atom. The third kappa shape index (κ3) is 4.21. The number of nitrogens with one attached hydrogen (secondary N) is 1. The molecule has 1 fully saturated rings. The second-order valence-electron chi connectivity index (χ2n) is 5.17. The average Bonchev–Trinajstić information content (AvgIpc) is 2.51. The van der Waals surface area contributed by atoms with Gasteiger partial charge in [0, 0.05) is 25.7 Å². The predicted octanol–water partition coefficient (Wildman–Crippen LogP) is 2.80. The molecule has 19 heavy (non-hydrogen) atoms. The van der Waals surface area contributed by atoms with E-state index in [-0.39, 0.29) is 12.5 Å². The van der Waals surface area contributed by atoms with E-state index in [1.54, 1.807) is 0 Å². The molecular weight excluding hydrogens is 253 g/mol. The van der Waals surface area contributed by atoms with E-state index in [9.17, 15) is 13.2 Å². The standard InChI is InChI=1S/C14H19F3N2/c1-11-9-19(10-12-5-3-2-4-6-12)8-7-13(18-11)14(15,16)17/h2-6,11,13,18H,7-10H2,1H3. The van der Waals surface area contributed by atoms with Crippen molar-refractivity contribution in [2.75, 3.05) is 13.1 Å². The van der Waals surface area contributed by atoms with Gasteiger partial charge in [0.05, 0.1) is 0 Å². The van der Waals surface area contributed by atoms with Crippen LogP contribution in [-0.2, 0) is 6.54 Å². The van der Waals surface area contributed by atoms with Crippen molar-refractivity contribution in [2.24, 2.45) is 0 Å². The summed E-state index contributed by atoms with van der Waals surface area (Å²) in [5, 5.41) is 2.67. The minimum atomic E-state index is -4.16. The van der Waals surface area contributed by atoms with Gasteiger partial charge in [0.15, 0.2) is 0 Å². The quantitative estimate of drug-likeness (QED) is 0.890. The molecule has 2 unspecified atom stereocenters. The molecule has 0 amide bonds. The van der Waals surface area contributed by atoms with E-state index in [0.717, 1.165) is 5.56 Å². The number of halogens is 3. The minimum Gasteiger partial charge on any atom is -0.302 e. The average molecular weight is 272 g/mol. The van der Waals surface area contributed by atoms with Crippen molar-refractivity contribution in [3.05, 3.63) is 35.9 Å². The monoisotopic (exact) mass is 272 g/mol. The van der Waals surface area contributed by atoms with Gasteiger partial charge in [-0.15, -0.1) is 0 Å². The highest BCUT2D eigenvalue weighted by atomic mass is 19.4. The first-order valence-electron chi connectivity index (χ1n) is 6.54. The number of benzene rings is 1. The molecule has 0 bridgehead atoms. The largest absolute Gasteiger partial charge is 0.403 e. The van der Waals surface area contributed by atoms with E-state index in [1.165, 1.54) is 0 Å². The van der Waals surface area contributed by atoms with Crippen molar-refractivity contribution in [3.8, 4) is 0 Å². The fourth-order valence-corrected chi connectivity index (χ4v) is 2.51. The highest BCUT2D eigenvalue weighted by molar-refractivity contribution is 5.14. The van der Waals surface area contributed by atoms with Gasteiger partial charge in [0.25, 0.3) is 0 Å². The third-order valence-corrected chi connectivity index (χ3v) is 3.40. The van der Waals surface area contributed by atoms with Crippen molar-refractivity contribution < 1.29 is 13.2 Å². The highest BCUT2D eigenvalue weighted by Crippen LogP contribution is 2.25. The van der Waals surface area contributed by atoms with Crippen LogP contribution in [0.3, 0.4) is 0 Å². The Hall–Kier alpha value is -1.07. The summed E-state index contributed by atoms with van der Waals surface area (Å²) in [5.41, 5.74) is 1.14. The van der Waals surface area contributed by atoms with Crippen LogP contribution in [0.15, 0.2) is 30.3 Å². The second kappa shape index (κ2) is 5.92. The fraction of sp³-hybridized carbons (Fsp3) is 0.571. The summed E-state index contributed by atoms with van der Waals surface area (Å²) in [6, 6.07) is 8.31. The maximum absolute atomic E-state index is 12.8. The first kappa shape index (κ1) is 14.3. The van der Waals surface area contributed by atoms with Crippen molar-refractivity contribution in [3.63, 3.8) is 0 Å². The molecule has 2 rings (SSSR count). The van der Waals surface area contributed by atoms with E-state index in [2.05, 4.69) is 10.2 Å². The molecule has 1 aliphatic heterocycles. The molecule has 106 valence electrons. The molecular formula is C14H19F3N2. The summed E-state index contributed by atoms with van der Waals surface area (Å²) in [7, 11) is 0. The van der Waals surface area contributed by atoms with Crippen LogP contribution in [-0.4, -0.2) is 36.2 Å². The van der Waals surface area contributed by atoms with Gasteiger partial charge in [0.1, 0.15) is 6.04 Å². The molecule has 0 radical (unpaired) electrons. The molecule has 2 atom stereocenters. The maximum Gasteiger partial charge on any atom is 0.403 e. The summed E-state index contributed by atoms with van der Waals surface area (Å²) < 4.78 is 38.3. The van der Waals surface area contributed by atoms with Gasteiger partial charge < -0.3 is 5.32 Å². The Balaban J connectivity index is 1.98.